The molecule has 0 atom stereocenters. The Bertz CT molecular complexity index is 922. The molecule has 0 saturated heterocycles. The lowest BCUT2D eigenvalue weighted by Crippen LogP contribution is -2.09. The monoisotopic (exact) mass is 462 g/mol. The van der Waals surface area contributed by atoms with Crippen LogP contribution in [0.4, 0.5) is 0 Å². The highest BCUT2D eigenvalue weighted by molar-refractivity contribution is 9.11. The minimum absolute atomic E-state index is 0.418. The maximum absolute atomic E-state index is 12.5. The van der Waals surface area contributed by atoms with Gasteiger partial charge in [0, 0.05) is 0 Å². The van der Waals surface area contributed by atoms with Gasteiger partial charge in [-0.25, -0.2) is 4.79 Å². The van der Waals surface area contributed by atoms with E-state index in [0.29, 0.717) is 23.7 Å². The Morgan fingerprint density at radius 2 is 1.76 bits per heavy atom. The topological polar surface area (TPSA) is 35.5 Å². The van der Waals surface area contributed by atoms with E-state index in [-0.39, 0.29) is 0 Å². The van der Waals surface area contributed by atoms with Gasteiger partial charge in [0.15, 0.2) is 0 Å². The van der Waals surface area contributed by atoms with E-state index in [1.54, 1.807) is 24.3 Å². The van der Waals surface area contributed by atoms with Crippen LogP contribution in [0.2, 0.25) is 0 Å². The number of carbonyl (C=O) groups is 1. The molecule has 0 bridgehead atoms. The molecule has 3 aromatic carbocycles. The fraction of sp³-hybridized carbons (Fsp3) is 0.150. The Kier molecular flexibility index (Phi) is 5.76. The lowest BCUT2D eigenvalue weighted by molar-refractivity contribution is 0.0733. The second-order valence-corrected chi connectivity index (χ2v) is 7.13. The molecule has 3 nitrogen and oxygen atoms in total. The predicted molar refractivity (Wildman–Crippen MR) is 107 cm³/mol. The number of carbonyl (C=O) groups excluding carboxylic acids is 1. The fourth-order valence-corrected chi connectivity index (χ4v) is 3.48. The predicted octanol–water partition coefficient (Wildman–Crippen LogP) is 6.37. The summed E-state index contributed by atoms with van der Waals surface area (Å²) >= 11 is 6.97. The van der Waals surface area contributed by atoms with Crippen LogP contribution >= 0.6 is 31.9 Å². The second-order valence-electron chi connectivity index (χ2n) is 5.48. The number of hydrogen-bond acceptors (Lipinski definition) is 3. The summed E-state index contributed by atoms with van der Waals surface area (Å²) in [6.07, 6.45) is 0.923. The van der Waals surface area contributed by atoms with Crippen molar-refractivity contribution in [2.75, 3.05) is 6.61 Å². The van der Waals surface area contributed by atoms with Crippen LogP contribution in [-0.2, 0) is 0 Å². The Labute approximate surface area is 163 Å². The second kappa shape index (κ2) is 8.02. The van der Waals surface area contributed by atoms with E-state index in [9.17, 15) is 4.79 Å². The number of benzene rings is 3. The van der Waals surface area contributed by atoms with Crippen LogP contribution in [-0.4, -0.2) is 12.6 Å². The van der Waals surface area contributed by atoms with Crippen LogP contribution in [0.1, 0.15) is 23.7 Å². The van der Waals surface area contributed by atoms with Gasteiger partial charge in [0.05, 0.1) is 21.1 Å². The largest absolute Gasteiger partial charge is 0.492 e. The van der Waals surface area contributed by atoms with Gasteiger partial charge in [-0.05, 0) is 73.3 Å². The molecule has 0 aliphatic carbocycles. The molecule has 128 valence electrons. The zero-order chi connectivity index (χ0) is 17.8. The first-order valence-corrected chi connectivity index (χ1v) is 9.50. The maximum atomic E-state index is 12.5. The lowest BCUT2D eigenvalue weighted by Gasteiger charge is -2.11. The average molecular weight is 464 g/mol. The van der Waals surface area contributed by atoms with Gasteiger partial charge < -0.3 is 9.47 Å². The molecule has 0 spiro atoms. The number of esters is 1. The zero-order valence-electron chi connectivity index (χ0n) is 13.6. The van der Waals surface area contributed by atoms with E-state index in [0.717, 1.165) is 26.1 Å². The SMILES string of the molecule is CCCOc1ccc(C(=O)Oc2ccc3ccccc3c2Br)cc1Br. The van der Waals surface area contributed by atoms with Crippen molar-refractivity contribution in [1.82, 2.24) is 0 Å². The Morgan fingerprint density at radius 3 is 2.52 bits per heavy atom. The van der Waals surface area contributed by atoms with Gasteiger partial charge in [-0.15, -0.1) is 0 Å². The Balaban J connectivity index is 1.83. The molecule has 0 aliphatic rings. The zero-order valence-corrected chi connectivity index (χ0v) is 16.8. The highest BCUT2D eigenvalue weighted by Gasteiger charge is 2.14. The van der Waals surface area contributed by atoms with E-state index in [4.69, 9.17) is 9.47 Å². The van der Waals surface area contributed by atoms with Crippen molar-refractivity contribution in [2.45, 2.75) is 13.3 Å². The molecule has 0 radical (unpaired) electrons. The third-order valence-electron chi connectivity index (χ3n) is 3.66. The summed E-state index contributed by atoms with van der Waals surface area (Å²) in [5, 5.41) is 2.08. The summed E-state index contributed by atoms with van der Waals surface area (Å²) in [5.41, 5.74) is 0.454. The minimum atomic E-state index is -0.418. The summed E-state index contributed by atoms with van der Waals surface area (Å²) in [7, 11) is 0. The van der Waals surface area contributed by atoms with Crippen molar-refractivity contribution >= 4 is 48.6 Å². The number of hydrogen-bond donors (Lipinski definition) is 0. The number of fused-ring (bicyclic) bond motifs is 1. The molecule has 0 aromatic heterocycles. The third kappa shape index (κ3) is 4.05. The average Bonchev–Trinajstić information content (AvgIpc) is 2.63. The van der Waals surface area contributed by atoms with E-state index in [1.165, 1.54) is 0 Å². The smallest absolute Gasteiger partial charge is 0.343 e. The van der Waals surface area contributed by atoms with Crippen molar-refractivity contribution in [1.29, 1.82) is 0 Å². The highest BCUT2D eigenvalue weighted by atomic mass is 79.9. The number of rotatable bonds is 5. The Hall–Kier alpha value is -1.85. The van der Waals surface area contributed by atoms with Crippen molar-refractivity contribution in [2.24, 2.45) is 0 Å². The van der Waals surface area contributed by atoms with Crippen LogP contribution in [0.15, 0.2) is 63.5 Å². The molecule has 5 heteroatoms. The molecule has 0 fully saturated rings. The summed E-state index contributed by atoms with van der Waals surface area (Å²) in [6, 6.07) is 16.8. The van der Waals surface area contributed by atoms with Crippen molar-refractivity contribution in [3.63, 3.8) is 0 Å². The Morgan fingerprint density at radius 1 is 1.00 bits per heavy atom. The van der Waals surface area contributed by atoms with Crippen molar-refractivity contribution < 1.29 is 14.3 Å². The molecule has 0 amide bonds. The first-order valence-electron chi connectivity index (χ1n) is 7.92. The maximum Gasteiger partial charge on any atom is 0.343 e. The van der Waals surface area contributed by atoms with Crippen LogP contribution in [0, 0.1) is 0 Å². The molecule has 0 N–H and O–H groups in total. The van der Waals surface area contributed by atoms with Crippen LogP contribution in [0.5, 0.6) is 11.5 Å². The molecular formula is C20H16Br2O3. The van der Waals surface area contributed by atoms with Crippen LogP contribution in [0.25, 0.3) is 10.8 Å². The van der Waals surface area contributed by atoms with Crippen molar-refractivity contribution in [3.8, 4) is 11.5 Å². The van der Waals surface area contributed by atoms with E-state index < -0.39 is 5.97 Å². The van der Waals surface area contributed by atoms with Crippen LogP contribution in [0.3, 0.4) is 0 Å². The van der Waals surface area contributed by atoms with Crippen molar-refractivity contribution in [3.05, 3.63) is 69.1 Å². The van der Waals surface area contributed by atoms with Crippen LogP contribution < -0.4 is 9.47 Å². The first-order chi connectivity index (χ1) is 12.1. The summed E-state index contributed by atoms with van der Waals surface area (Å²) in [4.78, 5) is 12.5. The number of ether oxygens (including phenoxy) is 2. The molecule has 3 rings (SSSR count). The quantitative estimate of drug-likeness (QED) is 0.325. The van der Waals surface area contributed by atoms with Gasteiger partial charge in [0.25, 0.3) is 0 Å². The van der Waals surface area contributed by atoms with E-state index in [1.807, 2.05) is 37.3 Å². The van der Waals surface area contributed by atoms with Gasteiger partial charge in [0.1, 0.15) is 11.5 Å². The summed E-state index contributed by atoms with van der Waals surface area (Å²) < 4.78 is 12.7. The molecule has 0 aliphatic heterocycles. The van der Waals surface area contributed by atoms with E-state index in [2.05, 4.69) is 31.9 Å². The van der Waals surface area contributed by atoms with E-state index >= 15 is 0 Å². The standard InChI is InChI=1S/C20H16Br2O3/c1-2-11-24-17-9-8-14(12-16(17)21)20(23)25-18-10-7-13-5-3-4-6-15(13)19(18)22/h3-10,12H,2,11H2,1H3. The summed E-state index contributed by atoms with van der Waals surface area (Å²) in [6.45, 7) is 2.67. The summed E-state index contributed by atoms with van der Waals surface area (Å²) in [5.74, 6) is 0.787. The fourth-order valence-electron chi connectivity index (χ4n) is 2.41. The highest BCUT2D eigenvalue weighted by Crippen LogP contribution is 2.34. The lowest BCUT2D eigenvalue weighted by atomic mass is 10.1. The minimum Gasteiger partial charge on any atom is -0.492 e. The third-order valence-corrected chi connectivity index (χ3v) is 5.10. The van der Waals surface area contributed by atoms with Gasteiger partial charge >= 0.3 is 5.97 Å². The number of halogens is 2. The van der Waals surface area contributed by atoms with Gasteiger partial charge in [0.2, 0.25) is 0 Å². The molecule has 0 heterocycles. The van der Waals surface area contributed by atoms with Gasteiger partial charge in [-0.1, -0.05) is 37.3 Å². The molecule has 25 heavy (non-hydrogen) atoms. The van der Waals surface area contributed by atoms with Gasteiger partial charge in [-0.3, -0.25) is 0 Å². The molecule has 0 saturated carbocycles. The molecule has 0 unspecified atom stereocenters. The van der Waals surface area contributed by atoms with Gasteiger partial charge in [-0.2, -0.15) is 0 Å². The molecule has 3 aromatic rings. The normalized spacial score (nSPS) is 10.7. The first kappa shape index (κ1) is 18.0. The molecular weight excluding hydrogens is 448 g/mol.